The normalized spacial score (nSPS) is 16.7. The molecule has 1 fully saturated rings. The number of ketones is 2. The third kappa shape index (κ3) is 6.56. The molecule has 8 heteroatoms. The number of ether oxygens (including phenoxy) is 1. The fourth-order valence-corrected chi connectivity index (χ4v) is 5.59. The molecule has 0 aliphatic heterocycles. The number of benzene rings is 2. The van der Waals surface area contributed by atoms with Gasteiger partial charge in [0, 0.05) is 31.0 Å². The molecule has 0 saturated heterocycles. The minimum atomic E-state index is -1.06. The van der Waals surface area contributed by atoms with Gasteiger partial charge in [-0.05, 0) is 53.9 Å². The Morgan fingerprint density at radius 1 is 0.974 bits per heavy atom. The highest BCUT2D eigenvalue weighted by molar-refractivity contribution is 6.22. The van der Waals surface area contributed by atoms with Crippen LogP contribution in [0.4, 0.5) is 4.79 Å². The molecule has 0 heterocycles. The number of Topliss-reactive ketones (excluding diaryl/α,β-unsaturated/α-hetero) is 2. The molecule has 39 heavy (non-hydrogen) atoms. The van der Waals surface area contributed by atoms with Crippen molar-refractivity contribution in [3.8, 4) is 11.1 Å². The van der Waals surface area contributed by atoms with Crippen molar-refractivity contribution in [2.45, 2.75) is 64.8 Å². The highest BCUT2D eigenvalue weighted by Crippen LogP contribution is 2.44. The number of alkyl carbamates (subject to hydrolysis) is 1. The van der Waals surface area contributed by atoms with Crippen LogP contribution in [0, 0.1) is 5.41 Å². The summed E-state index contributed by atoms with van der Waals surface area (Å²) in [6.07, 6.45) is 1.35. The van der Waals surface area contributed by atoms with Gasteiger partial charge in [0.25, 0.3) is 0 Å². The molecule has 4 rings (SSSR count). The Kier molecular flexibility index (Phi) is 8.53. The van der Waals surface area contributed by atoms with Crippen LogP contribution in [0.25, 0.3) is 11.1 Å². The van der Waals surface area contributed by atoms with Gasteiger partial charge in [-0.1, -0.05) is 62.4 Å². The van der Waals surface area contributed by atoms with Crippen molar-refractivity contribution >= 4 is 23.6 Å². The molecule has 2 aliphatic rings. The third-order valence-corrected chi connectivity index (χ3v) is 7.43. The van der Waals surface area contributed by atoms with E-state index >= 15 is 0 Å². The van der Waals surface area contributed by atoms with E-state index in [1.54, 1.807) is 6.92 Å². The predicted octanol–water partition coefficient (Wildman–Crippen LogP) is 4.97. The van der Waals surface area contributed by atoms with E-state index in [1.807, 2.05) is 38.1 Å². The topological polar surface area (TPSA) is 122 Å². The van der Waals surface area contributed by atoms with Gasteiger partial charge < -0.3 is 20.5 Å². The van der Waals surface area contributed by atoms with E-state index < -0.39 is 18.1 Å². The second kappa shape index (κ2) is 11.8. The van der Waals surface area contributed by atoms with Crippen molar-refractivity contribution in [2.24, 2.45) is 5.41 Å². The van der Waals surface area contributed by atoms with E-state index in [9.17, 15) is 24.3 Å². The van der Waals surface area contributed by atoms with Gasteiger partial charge in [0.1, 0.15) is 12.6 Å². The number of hydrogen-bond acceptors (Lipinski definition) is 6. The van der Waals surface area contributed by atoms with Gasteiger partial charge in [-0.15, -0.1) is 0 Å². The number of rotatable bonds is 10. The molecule has 1 unspecified atom stereocenters. The fraction of sp³-hybridized carbons (Fsp3) is 0.419. The Hall–Kier alpha value is -3.94. The number of carboxylic acid groups (broad SMARTS) is 1. The largest absolute Gasteiger partial charge is 0.480 e. The van der Waals surface area contributed by atoms with E-state index in [0.717, 1.165) is 22.3 Å². The number of unbranched alkanes of at least 4 members (excludes halogenated alkanes) is 1. The maximum atomic E-state index is 12.5. The van der Waals surface area contributed by atoms with E-state index in [4.69, 9.17) is 4.74 Å². The minimum Gasteiger partial charge on any atom is -0.480 e. The Bertz CT molecular complexity index is 1240. The maximum Gasteiger partial charge on any atom is 0.407 e. The van der Waals surface area contributed by atoms with E-state index in [1.165, 1.54) is 0 Å². The number of carbonyl (C=O) groups excluding carboxylic acids is 3. The quantitative estimate of drug-likeness (QED) is 0.224. The van der Waals surface area contributed by atoms with Crippen LogP contribution in [0.15, 0.2) is 59.8 Å². The highest BCUT2D eigenvalue weighted by Gasteiger charge is 2.37. The summed E-state index contributed by atoms with van der Waals surface area (Å²) in [4.78, 5) is 49.2. The molecule has 2 aromatic rings. The van der Waals surface area contributed by atoms with Crippen LogP contribution in [0.5, 0.6) is 0 Å². The van der Waals surface area contributed by atoms with Crippen LogP contribution >= 0.6 is 0 Å². The summed E-state index contributed by atoms with van der Waals surface area (Å²) in [5.41, 5.74) is 4.62. The van der Waals surface area contributed by atoms with E-state index in [-0.39, 0.29) is 54.3 Å². The molecule has 2 aromatic carbocycles. The van der Waals surface area contributed by atoms with Crippen LogP contribution in [0.1, 0.15) is 69.9 Å². The molecule has 0 spiro atoms. The molecular weight excluding hydrogens is 496 g/mol. The SMILES string of the molecule is CC(NC(CCCCNC(=O)OCC1c2ccccc2-c2ccccc21)C(=O)O)=C1C(=O)CC(C)(C)CC1=O. The lowest BCUT2D eigenvalue weighted by molar-refractivity contribution is -0.139. The average molecular weight is 533 g/mol. The Labute approximate surface area is 228 Å². The molecule has 206 valence electrons. The van der Waals surface area contributed by atoms with Gasteiger partial charge in [0.15, 0.2) is 11.6 Å². The van der Waals surface area contributed by atoms with Crippen molar-refractivity contribution in [1.29, 1.82) is 0 Å². The second-order valence-corrected chi connectivity index (χ2v) is 11.1. The number of hydrogen-bond donors (Lipinski definition) is 3. The average Bonchev–Trinajstić information content (AvgIpc) is 3.19. The molecule has 0 bridgehead atoms. The van der Waals surface area contributed by atoms with Crippen molar-refractivity contribution in [1.82, 2.24) is 10.6 Å². The lowest BCUT2D eigenvalue weighted by Gasteiger charge is -2.30. The molecule has 1 amide bonds. The molecule has 0 radical (unpaired) electrons. The summed E-state index contributed by atoms with van der Waals surface area (Å²) in [5, 5.41) is 15.3. The van der Waals surface area contributed by atoms with Crippen molar-refractivity contribution in [3.63, 3.8) is 0 Å². The van der Waals surface area contributed by atoms with Gasteiger partial charge in [0.2, 0.25) is 0 Å². The van der Waals surface area contributed by atoms with Crippen LogP contribution in [-0.2, 0) is 19.1 Å². The predicted molar refractivity (Wildman–Crippen MR) is 147 cm³/mol. The fourth-order valence-electron chi connectivity index (χ4n) is 5.59. The summed E-state index contributed by atoms with van der Waals surface area (Å²) >= 11 is 0. The van der Waals surface area contributed by atoms with Gasteiger partial charge in [0.05, 0.1) is 5.57 Å². The number of carbonyl (C=O) groups is 4. The number of nitrogens with one attached hydrogen (secondary N) is 2. The van der Waals surface area contributed by atoms with Crippen molar-refractivity contribution in [3.05, 3.63) is 70.9 Å². The molecular formula is C31H36N2O6. The lowest BCUT2D eigenvalue weighted by Crippen LogP contribution is -2.39. The summed E-state index contributed by atoms with van der Waals surface area (Å²) < 4.78 is 5.53. The van der Waals surface area contributed by atoms with Crippen LogP contribution < -0.4 is 10.6 Å². The van der Waals surface area contributed by atoms with Crippen molar-refractivity contribution < 1.29 is 29.0 Å². The number of allylic oxidation sites excluding steroid dienone is 2. The van der Waals surface area contributed by atoms with Crippen LogP contribution in [0.2, 0.25) is 0 Å². The smallest absolute Gasteiger partial charge is 0.407 e. The zero-order valence-corrected chi connectivity index (χ0v) is 22.7. The zero-order valence-electron chi connectivity index (χ0n) is 22.7. The maximum absolute atomic E-state index is 12.5. The molecule has 3 N–H and O–H groups in total. The first-order valence-electron chi connectivity index (χ1n) is 13.4. The second-order valence-electron chi connectivity index (χ2n) is 11.1. The first-order valence-corrected chi connectivity index (χ1v) is 13.4. The molecule has 0 aromatic heterocycles. The van der Waals surface area contributed by atoms with Crippen LogP contribution in [0.3, 0.4) is 0 Å². The molecule has 1 saturated carbocycles. The summed E-state index contributed by atoms with van der Waals surface area (Å²) in [7, 11) is 0. The van der Waals surface area contributed by atoms with Gasteiger partial charge in [-0.25, -0.2) is 9.59 Å². The summed E-state index contributed by atoms with van der Waals surface area (Å²) in [6.45, 7) is 5.90. The number of carboxylic acids is 1. The van der Waals surface area contributed by atoms with Crippen molar-refractivity contribution in [2.75, 3.05) is 13.2 Å². The van der Waals surface area contributed by atoms with Gasteiger partial charge in [-0.2, -0.15) is 0 Å². The summed E-state index contributed by atoms with van der Waals surface area (Å²) in [6, 6.07) is 15.3. The zero-order chi connectivity index (χ0) is 28.2. The standard InChI is InChI=1S/C31H36N2O6/c1-19(28-26(34)16-31(2,3)17-27(28)35)33-25(29(36)37)14-8-9-15-32-30(38)39-18-24-22-12-6-4-10-20(22)21-11-5-7-13-23(21)24/h4-7,10-13,24-25,33H,8-9,14-18H2,1-3H3,(H,32,38)(H,36,37). The number of fused-ring (bicyclic) bond motifs is 3. The van der Waals surface area contributed by atoms with Crippen LogP contribution in [-0.4, -0.2) is 47.9 Å². The highest BCUT2D eigenvalue weighted by atomic mass is 16.5. The molecule has 1 atom stereocenters. The van der Waals surface area contributed by atoms with Gasteiger partial charge in [-0.3, -0.25) is 9.59 Å². The number of amides is 1. The first-order chi connectivity index (χ1) is 18.6. The first kappa shape index (κ1) is 28.1. The third-order valence-electron chi connectivity index (χ3n) is 7.43. The van der Waals surface area contributed by atoms with E-state index in [2.05, 4.69) is 34.9 Å². The van der Waals surface area contributed by atoms with E-state index in [0.29, 0.717) is 25.1 Å². The minimum absolute atomic E-state index is 0.0168. The number of aliphatic carboxylic acids is 1. The Balaban J connectivity index is 1.22. The monoisotopic (exact) mass is 532 g/mol. The lowest BCUT2D eigenvalue weighted by atomic mass is 9.73. The molecule has 8 nitrogen and oxygen atoms in total. The Morgan fingerprint density at radius 3 is 2.10 bits per heavy atom. The Morgan fingerprint density at radius 2 is 1.54 bits per heavy atom. The van der Waals surface area contributed by atoms with Gasteiger partial charge >= 0.3 is 12.1 Å². The summed E-state index contributed by atoms with van der Waals surface area (Å²) in [5.74, 6) is -1.58. The molecule has 2 aliphatic carbocycles.